The van der Waals surface area contributed by atoms with Gasteiger partial charge in [-0.3, -0.25) is 4.79 Å². The third-order valence-electron chi connectivity index (χ3n) is 4.35. The summed E-state index contributed by atoms with van der Waals surface area (Å²) in [5, 5.41) is 17.9. The summed E-state index contributed by atoms with van der Waals surface area (Å²) in [7, 11) is 0. The van der Waals surface area contributed by atoms with Crippen LogP contribution in [0.4, 0.5) is 5.82 Å². The number of aromatic nitrogens is 2. The van der Waals surface area contributed by atoms with Crippen molar-refractivity contribution >= 4 is 24.1 Å². The number of carbonyl (C=O) groups excluding carboxylic acids is 1. The van der Waals surface area contributed by atoms with Crippen molar-refractivity contribution in [1.82, 2.24) is 20.0 Å². The Balaban J connectivity index is 0.00000192. The summed E-state index contributed by atoms with van der Waals surface area (Å²) in [6.45, 7) is 2.65. The van der Waals surface area contributed by atoms with Crippen LogP contribution in [0.15, 0.2) is 12.3 Å². The van der Waals surface area contributed by atoms with Gasteiger partial charge in [-0.05, 0) is 43.1 Å². The molecule has 3 rings (SSSR count). The van der Waals surface area contributed by atoms with Gasteiger partial charge in [0.05, 0.1) is 17.4 Å². The van der Waals surface area contributed by atoms with E-state index in [2.05, 4.69) is 10.4 Å². The molecule has 2 aliphatic rings. The summed E-state index contributed by atoms with van der Waals surface area (Å²) in [6, 6.07) is 1.82. The van der Waals surface area contributed by atoms with E-state index in [1.54, 1.807) is 0 Å². The Morgan fingerprint density at radius 2 is 2.04 bits per heavy atom. The summed E-state index contributed by atoms with van der Waals surface area (Å²) in [5.41, 5.74) is 0. The first kappa shape index (κ1) is 17.7. The third-order valence-corrected chi connectivity index (χ3v) is 4.35. The predicted octanol–water partition coefficient (Wildman–Crippen LogP) is 1.20. The minimum Gasteiger partial charge on any atom is -0.358 e. The number of piperidine rings is 1. The summed E-state index contributed by atoms with van der Waals surface area (Å²) in [4.78, 5) is 24.0. The molecule has 1 amide bonds. The molecule has 1 saturated carbocycles. The van der Waals surface area contributed by atoms with Crippen LogP contribution in [0, 0.1) is 16.0 Å². The van der Waals surface area contributed by atoms with Crippen LogP contribution in [0.25, 0.3) is 0 Å². The summed E-state index contributed by atoms with van der Waals surface area (Å²) in [6.07, 6.45) is 6.11. The van der Waals surface area contributed by atoms with Gasteiger partial charge in [-0.15, -0.1) is 12.4 Å². The number of rotatable bonds is 6. The minimum absolute atomic E-state index is 0. The smallest absolute Gasteiger partial charge is 0.358 e. The second-order valence-electron chi connectivity index (χ2n) is 6.14. The lowest BCUT2D eigenvalue weighted by atomic mass is 10.0. The molecule has 1 aromatic heterocycles. The molecule has 2 fully saturated rings. The van der Waals surface area contributed by atoms with Crippen LogP contribution in [0.2, 0.25) is 0 Å². The van der Waals surface area contributed by atoms with Gasteiger partial charge >= 0.3 is 5.82 Å². The van der Waals surface area contributed by atoms with E-state index in [4.69, 9.17) is 0 Å². The van der Waals surface area contributed by atoms with E-state index in [1.807, 2.05) is 4.90 Å². The molecule has 1 aliphatic carbocycles. The molecule has 1 aliphatic heterocycles. The number of hydrogen-bond donors (Lipinski definition) is 1. The highest BCUT2D eigenvalue weighted by atomic mass is 35.5. The summed E-state index contributed by atoms with van der Waals surface area (Å²) < 4.78 is 1.33. The molecular formula is C14H22ClN5O3. The molecule has 0 bridgehead atoms. The molecule has 0 spiro atoms. The SMILES string of the molecule is Cl.O=C(Cn1ccc([N+](=O)[O-])n1)N1CCC(NCC2CC2)CC1. The standard InChI is InChI=1S/C14H21N5O3.ClH/c20-14(10-18-8-5-13(16-18)19(21)22)17-6-3-12(4-7-17)15-9-11-1-2-11;/h5,8,11-12,15H,1-4,6-7,9-10H2;1H. The highest BCUT2D eigenvalue weighted by molar-refractivity contribution is 5.85. The Labute approximate surface area is 140 Å². The number of halogens is 1. The number of amides is 1. The van der Waals surface area contributed by atoms with E-state index in [0.717, 1.165) is 38.4 Å². The predicted molar refractivity (Wildman–Crippen MR) is 86.5 cm³/mol. The van der Waals surface area contributed by atoms with Crippen molar-refractivity contribution in [3.63, 3.8) is 0 Å². The first-order valence-corrected chi connectivity index (χ1v) is 7.81. The maximum absolute atomic E-state index is 12.2. The van der Waals surface area contributed by atoms with Crippen molar-refractivity contribution in [3.8, 4) is 0 Å². The Morgan fingerprint density at radius 3 is 2.61 bits per heavy atom. The van der Waals surface area contributed by atoms with Crippen LogP contribution >= 0.6 is 12.4 Å². The van der Waals surface area contributed by atoms with Crippen molar-refractivity contribution in [2.24, 2.45) is 5.92 Å². The fourth-order valence-electron chi connectivity index (χ4n) is 2.76. The molecule has 8 nitrogen and oxygen atoms in total. The molecule has 23 heavy (non-hydrogen) atoms. The fraction of sp³-hybridized carbons (Fsp3) is 0.714. The van der Waals surface area contributed by atoms with Crippen molar-refractivity contribution < 1.29 is 9.72 Å². The lowest BCUT2D eigenvalue weighted by Crippen LogP contribution is -2.46. The second-order valence-corrected chi connectivity index (χ2v) is 6.14. The van der Waals surface area contributed by atoms with Crippen LogP contribution in [0.3, 0.4) is 0 Å². The number of carbonyl (C=O) groups is 1. The average Bonchev–Trinajstić information content (AvgIpc) is 3.23. The van der Waals surface area contributed by atoms with Crippen molar-refractivity contribution in [2.75, 3.05) is 19.6 Å². The topological polar surface area (TPSA) is 93.3 Å². The zero-order valence-corrected chi connectivity index (χ0v) is 13.7. The van der Waals surface area contributed by atoms with Gasteiger partial charge in [0.15, 0.2) is 0 Å². The van der Waals surface area contributed by atoms with Gasteiger partial charge in [0.25, 0.3) is 0 Å². The molecule has 1 N–H and O–H groups in total. The molecular weight excluding hydrogens is 322 g/mol. The van der Waals surface area contributed by atoms with Gasteiger partial charge in [0.2, 0.25) is 5.91 Å². The van der Waals surface area contributed by atoms with Crippen LogP contribution in [0.5, 0.6) is 0 Å². The first-order valence-electron chi connectivity index (χ1n) is 7.81. The molecule has 2 heterocycles. The number of nitrogens with zero attached hydrogens (tertiary/aromatic N) is 4. The van der Waals surface area contributed by atoms with Crippen molar-refractivity contribution in [2.45, 2.75) is 38.3 Å². The molecule has 0 aromatic carbocycles. The van der Waals surface area contributed by atoms with Crippen molar-refractivity contribution in [1.29, 1.82) is 0 Å². The molecule has 1 saturated heterocycles. The quantitative estimate of drug-likeness (QED) is 0.619. The molecule has 0 atom stereocenters. The average molecular weight is 344 g/mol. The van der Waals surface area contributed by atoms with E-state index in [1.165, 1.54) is 29.8 Å². The Morgan fingerprint density at radius 1 is 1.35 bits per heavy atom. The maximum atomic E-state index is 12.2. The highest BCUT2D eigenvalue weighted by Gasteiger charge is 2.26. The number of likely N-dealkylation sites (tertiary alicyclic amines) is 1. The monoisotopic (exact) mass is 343 g/mol. The van der Waals surface area contributed by atoms with Crippen LogP contribution in [-0.2, 0) is 11.3 Å². The second kappa shape index (κ2) is 7.74. The van der Waals surface area contributed by atoms with Gasteiger partial charge in [-0.1, -0.05) is 0 Å². The number of hydrogen-bond acceptors (Lipinski definition) is 5. The van der Waals surface area contributed by atoms with E-state index >= 15 is 0 Å². The van der Waals surface area contributed by atoms with E-state index < -0.39 is 4.92 Å². The summed E-state index contributed by atoms with van der Waals surface area (Å²) in [5.74, 6) is 0.615. The molecule has 0 radical (unpaired) electrons. The van der Waals surface area contributed by atoms with Crippen molar-refractivity contribution in [3.05, 3.63) is 22.4 Å². The fourth-order valence-corrected chi connectivity index (χ4v) is 2.76. The summed E-state index contributed by atoms with van der Waals surface area (Å²) >= 11 is 0. The maximum Gasteiger partial charge on any atom is 0.389 e. The van der Waals surface area contributed by atoms with E-state index in [0.29, 0.717) is 6.04 Å². The molecule has 9 heteroatoms. The first-order chi connectivity index (χ1) is 10.6. The largest absolute Gasteiger partial charge is 0.389 e. The van der Waals surface area contributed by atoms with Gasteiger partial charge in [-0.25, -0.2) is 0 Å². The van der Waals surface area contributed by atoms with Gasteiger partial charge in [0, 0.05) is 19.1 Å². The minimum atomic E-state index is -0.558. The highest BCUT2D eigenvalue weighted by Crippen LogP contribution is 2.28. The van der Waals surface area contributed by atoms with E-state index in [-0.39, 0.29) is 30.7 Å². The van der Waals surface area contributed by atoms with Gasteiger partial charge in [0.1, 0.15) is 6.54 Å². The van der Waals surface area contributed by atoms with Crippen LogP contribution in [0.1, 0.15) is 25.7 Å². The zero-order valence-electron chi connectivity index (χ0n) is 12.9. The molecule has 128 valence electrons. The van der Waals surface area contributed by atoms with Gasteiger partial charge in [-0.2, -0.15) is 4.68 Å². The zero-order chi connectivity index (χ0) is 15.5. The van der Waals surface area contributed by atoms with Crippen LogP contribution < -0.4 is 5.32 Å². The van der Waals surface area contributed by atoms with Crippen LogP contribution in [-0.4, -0.2) is 51.2 Å². The Kier molecular flexibility index (Phi) is 5.95. The molecule has 0 unspecified atom stereocenters. The molecule has 1 aromatic rings. The van der Waals surface area contributed by atoms with Gasteiger partial charge < -0.3 is 20.3 Å². The number of nitro groups is 1. The Bertz CT molecular complexity index is 552. The lowest BCUT2D eigenvalue weighted by Gasteiger charge is -2.32. The Hall–Kier alpha value is -1.67. The lowest BCUT2D eigenvalue weighted by molar-refractivity contribution is -0.389. The van der Waals surface area contributed by atoms with E-state index in [9.17, 15) is 14.9 Å². The normalized spacial score (nSPS) is 18.5. The third kappa shape index (κ3) is 4.90. The number of nitrogens with one attached hydrogen (secondary N) is 1.